The van der Waals surface area contributed by atoms with Crippen molar-refractivity contribution in [3.63, 3.8) is 0 Å². The van der Waals surface area contributed by atoms with Gasteiger partial charge >= 0.3 is 12.2 Å². The van der Waals surface area contributed by atoms with Crippen molar-refractivity contribution in [3.05, 3.63) is 64.4 Å². The fraction of sp³-hybridized carbons (Fsp3) is 0.469. The Balaban J connectivity index is 1.44. The summed E-state index contributed by atoms with van der Waals surface area (Å²) in [7, 11) is 0. The van der Waals surface area contributed by atoms with Crippen molar-refractivity contribution in [1.29, 1.82) is 0 Å². The third-order valence-electron chi connectivity index (χ3n) is 9.14. The van der Waals surface area contributed by atoms with Gasteiger partial charge in [-0.3, -0.25) is 14.7 Å². The van der Waals surface area contributed by atoms with Gasteiger partial charge in [-0.1, -0.05) is 45.7 Å². The van der Waals surface area contributed by atoms with Crippen LogP contribution in [0, 0.1) is 12.4 Å². The molecule has 0 radical (unpaired) electrons. The summed E-state index contributed by atoms with van der Waals surface area (Å²) in [4.78, 5) is 34.8. The van der Waals surface area contributed by atoms with Gasteiger partial charge < -0.3 is 19.4 Å². The molecule has 0 N–H and O–H groups in total. The number of rotatable bonds is 8. The largest absolute Gasteiger partial charge is 0.461 e. The number of ether oxygens (including phenoxy) is 1. The summed E-state index contributed by atoms with van der Waals surface area (Å²) in [5.41, 5.74) is -3.30. The van der Waals surface area contributed by atoms with Crippen molar-refractivity contribution in [2.45, 2.75) is 43.2 Å². The zero-order chi connectivity index (χ0) is 34.2. The molecule has 3 atom stereocenters. The van der Waals surface area contributed by atoms with Gasteiger partial charge in [0.15, 0.2) is 5.82 Å². The van der Waals surface area contributed by atoms with Gasteiger partial charge in [0.1, 0.15) is 35.8 Å². The van der Waals surface area contributed by atoms with Gasteiger partial charge in [0.25, 0.3) is 0 Å². The molecule has 3 aliphatic rings. The first kappa shape index (κ1) is 34.3. The van der Waals surface area contributed by atoms with E-state index in [9.17, 15) is 22.4 Å². The molecule has 48 heavy (non-hydrogen) atoms. The third-order valence-corrected chi connectivity index (χ3v) is 9.83. The molecule has 1 amide bonds. The first-order valence-electron chi connectivity index (χ1n) is 15.3. The normalized spacial score (nSPS) is 23.2. The van der Waals surface area contributed by atoms with Crippen molar-refractivity contribution in [2.24, 2.45) is 0 Å². The van der Waals surface area contributed by atoms with Gasteiger partial charge in [-0.15, -0.1) is 0 Å². The number of hydrogen-bond donors (Lipinski definition) is 0. The molecule has 3 fully saturated rings. The Bertz CT molecular complexity index is 1790. The van der Waals surface area contributed by atoms with Crippen LogP contribution in [0.2, 0.25) is 5.02 Å². The molecule has 3 aliphatic heterocycles. The molecule has 5 heterocycles. The van der Waals surface area contributed by atoms with Crippen LogP contribution in [0.4, 0.5) is 27.8 Å². The van der Waals surface area contributed by atoms with Gasteiger partial charge in [0.2, 0.25) is 12.5 Å². The first-order chi connectivity index (χ1) is 23.0. The Morgan fingerprint density at radius 1 is 1.23 bits per heavy atom. The van der Waals surface area contributed by atoms with E-state index in [0.717, 1.165) is 18.6 Å². The quantitative estimate of drug-likeness (QED) is 0.115. The molecule has 3 saturated heterocycles. The Kier molecular flexibility index (Phi) is 9.79. The number of hydrogen-bond acceptors (Lipinski definition) is 7. The SMILES string of the molecule is [C-]#[N+]C[C@H]1CN(c2nc(OC[C@@]34CCCN3C[C@H](F)C4)nc3c(F)c(-c4cccc(Cl)c4C(F)(F)F)ncc23)CCN1C(=O)/C=C/CBr. The van der Waals surface area contributed by atoms with Crippen molar-refractivity contribution < 1.29 is 31.5 Å². The summed E-state index contributed by atoms with van der Waals surface area (Å²) in [6.45, 7) is 9.12. The Morgan fingerprint density at radius 2 is 2.04 bits per heavy atom. The maximum absolute atomic E-state index is 16.5. The molecule has 0 unspecified atom stereocenters. The maximum atomic E-state index is 16.5. The second-order valence-corrected chi connectivity index (χ2v) is 13.1. The van der Waals surface area contributed by atoms with Gasteiger partial charge in [-0.25, -0.2) is 15.4 Å². The molecule has 0 aliphatic carbocycles. The van der Waals surface area contributed by atoms with E-state index in [1.54, 1.807) is 15.9 Å². The van der Waals surface area contributed by atoms with Gasteiger partial charge in [-0.05, 0) is 31.5 Å². The molecule has 6 rings (SSSR count). The molecule has 2 aromatic heterocycles. The lowest BCUT2D eigenvalue weighted by Crippen LogP contribution is -2.56. The molecular weight excluding hydrogens is 725 g/mol. The number of anilines is 1. The van der Waals surface area contributed by atoms with Gasteiger partial charge in [0, 0.05) is 49.7 Å². The van der Waals surface area contributed by atoms with Crippen LogP contribution in [0.1, 0.15) is 24.8 Å². The first-order valence-corrected chi connectivity index (χ1v) is 16.8. The molecule has 9 nitrogen and oxygen atoms in total. The molecule has 0 spiro atoms. The van der Waals surface area contributed by atoms with Crippen LogP contribution < -0.4 is 9.64 Å². The highest BCUT2D eigenvalue weighted by molar-refractivity contribution is 9.09. The maximum Gasteiger partial charge on any atom is 0.418 e. The number of fused-ring (bicyclic) bond motifs is 2. The Hall–Kier alpha value is -3.61. The lowest BCUT2D eigenvalue weighted by Gasteiger charge is -2.39. The van der Waals surface area contributed by atoms with Crippen molar-refractivity contribution in [2.75, 3.05) is 56.1 Å². The summed E-state index contributed by atoms with van der Waals surface area (Å²) >= 11 is 9.19. The minimum absolute atomic E-state index is 0.00867. The lowest BCUT2D eigenvalue weighted by atomic mass is 9.95. The number of piperazine rings is 1. The van der Waals surface area contributed by atoms with Crippen LogP contribution in [0.25, 0.3) is 27.0 Å². The van der Waals surface area contributed by atoms with E-state index in [-0.39, 0.29) is 74.4 Å². The number of halogens is 7. The van der Waals surface area contributed by atoms with Crippen molar-refractivity contribution >= 4 is 50.2 Å². The summed E-state index contributed by atoms with van der Waals surface area (Å²) in [5.74, 6) is -1.21. The minimum atomic E-state index is -4.90. The monoisotopic (exact) mass is 753 g/mol. The van der Waals surface area contributed by atoms with Crippen molar-refractivity contribution in [1.82, 2.24) is 24.8 Å². The topological polar surface area (TPSA) is 79.1 Å². The van der Waals surface area contributed by atoms with Crippen LogP contribution in [0.15, 0.2) is 36.5 Å². The number of alkyl halides is 5. The highest BCUT2D eigenvalue weighted by Crippen LogP contribution is 2.43. The number of nitrogens with zero attached hydrogens (tertiary/aromatic N) is 7. The molecule has 0 bridgehead atoms. The summed E-state index contributed by atoms with van der Waals surface area (Å²) in [6.07, 6.45) is 0.194. The summed E-state index contributed by atoms with van der Waals surface area (Å²) in [5, 5.41) is -0.0289. The van der Waals surface area contributed by atoms with Crippen LogP contribution in [-0.4, -0.2) is 99.6 Å². The average Bonchev–Trinajstić information content (AvgIpc) is 3.57. The molecule has 1 aromatic carbocycles. The van der Waals surface area contributed by atoms with Crippen LogP contribution in [0.3, 0.4) is 0 Å². The fourth-order valence-corrected chi connectivity index (χ4v) is 7.48. The second kappa shape index (κ2) is 13.7. The van der Waals surface area contributed by atoms with E-state index in [4.69, 9.17) is 22.9 Å². The van der Waals surface area contributed by atoms with Gasteiger partial charge in [0.05, 0.1) is 21.5 Å². The van der Waals surface area contributed by atoms with Crippen LogP contribution in [0.5, 0.6) is 6.01 Å². The molecule has 254 valence electrons. The predicted octanol–water partition coefficient (Wildman–Crippen LogP) is 6.35. The Morgan fingerprint density at radius 3 is 2.79 bits per heavy atom. The van der Waals surface area contributed by atoms with E-state index in [1.165, 1.54) is 18.3 Å². The number of allylic oxidation sites excluding steroid dienone is 1. The van der Waals surface area contributed by atoms with Gasteiger partial charge in [-0.2, -0.15) is 23.1 Å². The molecule has 3 aromatic rings. The van der Waals surface area contributed by atoms with E-state index in [2.05, 4.69) is 35.7 Å². The molecule has 16 heteroatoms. The minimum Gasteiger partial charge on any atom is -0.461 e. The van der Waals surface area contributed by atoms with Crippen LogP contribution >= 0.6 is 27.5 Å². The summed E-state index contributed by atoms with van der Waals surface area (Å²) in [6, 6.07) is 2.65. The number of benzene rings is 1. The number of pyridine rings is 1. The number of carbonyl (C=O) groups excluding carboxylic acids is 1. The zero-order valence-corrected chi connectivity index (χ0v) is 27.8. The third kappa shape index (κ3) is 6.54. The smallest absolute Gasteiger partial charge is 0.418 e. The average molecular weight is 755 g/mol. The number of carbonyl (C=O) groups is 1. The Labute approximate surface area is 286 Å². The lowest BCUT2D eigenvalue weighted by molar-refractivity contribution is -0.137. The molecular formula is C32H30BrClF5N7O2. The van der Waals surface area contributed by atoms with E-state index < -0.39 is 51.6 Å². The number of aromatic nitrogens is 3. The standard InChI is InChI=1S/C32H30BrClF5N7O2/c1-40-14-20-17-44(11-12-46(20)24(47)7-3-9-33)29-22-15-41-27(21-5-2-6-23(34)25(21)32(37,38)39)26(36)28(22)42-30(43-29)48-18-31-8-4-10-45(31)16-19(35)13-31/h2-3,5-7,15,19-20H,4,8-14,16-18H2/b7-3+/t19-,20+,31+/m1/s1. The summed E-state index contributed by atoms with van der Waals surface area (Å²) < 4.78 is 79.2. The van der Waals surface area contributed by atoms with E-state index in [1.807, 2.05) is 4.90 Å². The predicted molar refractivity (Wildman–Crippen MR) is 173 cm³/mol. The fourth-order valence-electron chi connectivity index (χ4n) is 7.01. The molecule has 0 saturated carbocycles. The highest BCUT2D eigenvalue weighted by atomic mass is 79.9. The second-order valence-electron chi connectivity index (χ2n) is 12.1. The zero-order valence-electron chi connectivity index (χ0n) is 25.5. The van der Waals surface area contributed by atoms with Crippen LogP contribution in [-0.2, 0) is 11.0 Å². The van der Waals surface area contributed by atoms with E-state index >= 15 is 4.39 Å². The van der Waals surface area contributed by atoms with E-state index in [0.29, 0.717) is 18.3 Å². The van der Waals surface area contributed by atoms with Crippen molar-refractivity contribution in [3.8, 4) is 17.3 Å². The highest BCUT2D eigenvalue weighted by Gasteiger charge is 2.49. The number of amides is 1.